The second-order valence-electron chi connectivity index (χ2n) is 6.91. The Bertz CT molecular complexity index is 1190. The minimum absolute atomic E-state index is 0.0315. The van der Waals surface area contributed by atoms with Crippen molar-refractivity contribution in [1.82, 2.24) is 25.4 Å². The molecule has 2 heterocycles. The van der Waals surface area contributed by atoms with Crippen LogP contribution in [0.1, 0.15) is 28.9 Å². The summed E-state index contributed by atoms with van der Waals surface area (Å²) >= 11 is 6.21. The summed E-state index contributed by atoms with van der Waals surface area (Å²) < 4.78 is 1.49. The number of carbonyl (C=O) groups is 3. The van der Waals surface area contributed by atoms with Gasteiger partial charge in [0, 0.05) is 5.69 Å². The van der Waals surface area contributed by atoms with Crippen LogP contribution in [0.25, 0.3) is 5.69 Å². The molecule has 0 radical (unpaired) electrons. The molecule has 1 unspecified atom stereocenters. The largest absolute Gasteiger partial charge is 0.322 e. The number of carbonyl (C=O) groups excluding carboxylic acids is 3. The molecule has 1 aliphatic heterocycles. The molecule has 0 saturated carbocycles. The topological polar surface area (TPSA) is 118 Å². The zero-order chi connectivity index (χ0) is 21.5. The van der Waals surface area contributed by atoms with Gasteiger partial charge in [-0.15, -0.1) is 5.10 Å². The molecule has 4 rings (SSSR count). The van der Waals surface area contributed by atoms with Gasteiger partial charge in [0.15, 0.2) is 0 Å². The second kappa shape index (κ2) is 7.27. The summed E-state index contributed by atoms with van der Waals surface area (Å²) in [6.45, 7) is 3.31. The predicted molar refractivity (Wildman–Crippen MR) is 110 cm³/mol. The van der Waals surface area contributed by atoms with Crippen LogP contribution in [-0.2, 0) is 10.3 Å². The van der Waals surface area contributed by atoms with E-state index in [2.05, 4.69) is 26.0 Å². The van der Waals surface area contributed by atoms with Gasteiger partial charge in [-0.25, -0.2) is 14.5 Å². The Morgan fingerprint density at radius 3 is 2.63 bits per heavy atom. The van der Waals surface area contributed by atoms with Crippen LogP contribution >= 0.6 is 11.6 Å². The van der Waals surface area contributed by atoms with Crippen LogP contribution in [0.5, 0.6) is 0 Å². The molecule has 9 nitrogen and oxygen atoms in total. The first-order valence-corrected chi connectivity index (χ1v) is 9.40. The Kier molecular flexibility index (Phi) is 4.75. The number of para-hydroxylation sites is 1. The molecule has 1 atom stereocenters. The number of aryl methyl sites for hydroxylation is 1. The first-order chi connectivity index (χ1) is 14.3. The average molecular weight is 425 g/mol. The normalized spacial score (nSPS) is 18.1. The summed E-state index contributed by atoms with van der Waals surface area (Å²) in [6, 6.07) is 13.2. The molecule has 1 aliphatic rings. The van der Waals surface area contributed by atoms with Crippen molar-refractivity contribution < 1.29 is 14.4 Å². The Morgan fingerprint density at radius 2 is 1.93 bits per heavy atom. The number of imide groups is 1. The van der Waals surface area contributed by atoms with Crippen LogP contribution in [-0.4, -0.2) is 32.6 Å². The van der Waals surface area contributed by atoms with Gasteiger partial charge < -0.3 is 10.6 Å². The molecule has 152 valence electrons. The van der Waals surface area contributed by atoms with Crippen molar-refractivity contribution in [3.63, 3.8) is 0 Å². The number of amides is 4. The van der Waals surface area contributed by atoms with Gasteiger partial charge in [0.05, 0.1) is 10.7 Å². The van der Waals surface area contributed by atoms with Crippen molar-refractivity contribution in [2.45, 2.75) is 19.4 Å². The molecule has 4 amide bonds. The number of nitrogens with one attached hydrogen (secondary N) is 3. The Hall–Kier alpha value is -3.72. The highest BCUT2D eigenvalue weighted by atomic mass is 35.5. The quantitative estimate of drug-likeness (QED) is 0.556. The van der Waals surface area contributed by atoms with Crippen molar-refractivity contribution in [3.05, 3.63) is 70.8 Å². The van der Waals surface area contributed by atoms with E-state index in [-0.39, 0.29) is 5.82 Å². The van der Waals surface area contributed by atoms with E-state index < -0.39 is 23.4 Å². The molecular formula is C20H17ClN6O3. The van der Waals surface area contributed by atoms with Gasteiger partial charge in [-0.1, -0.05) is 35.9 Å². The van der Waals surface area contributed by atoms with Crippen LogP contribution in [0.15, 0.2) is 48.5 Å². The first-order valence-electron chi connectivity index (χ1n) is 9.02. The number of anilines is 1. The maximum Gasteiger partial charge on any atom is 0.322 e. The third kappa shape index (κ3) is 3.39. The number of rotatable bonds is 4. The van der Waals surface area contributed by atoms with Crippen molar-refractivity contribution in [3.8, 4) is 5.69 Å². The maximum absolute atomic E-state index is 12.7. The summed E-state index contributed by atoms with van der Waals surface area (Å²) in [5, 5.41) is 12.3. The first kappa shape index (κ1) is 19.6. The van der Waals surface area contributed by atoms with Gasteiger partial charge in [0.25, 0.3) is 11.8 Å². The molecule has 30 heavy (non-hydrogen) atoms. The molecule has 1 saturated heterocycles. The lowest BCUT2D eigenvalue weighted by Crippen LogP contribution is -2.40. The minimum atomic E-state index is -1.22. The fourth-order valence-corrected chi connectivity index (χ4v) is 3.40. The highest BCUT2D eigenvalue weighted by Crippen LogP contribution is 2.27. The smallest absolute Gasteiger partial charge is 0.320 e. The summed E-state index contributed by atoms with van der Waals surface area (Å²) in [7, 11) is 0. The molecule has 1 aromatic heterocycles. The van der Waals surface area contributed by atoms with Crippen molar-refractivity contribution in [2.24, 2.45) is 0 Å². The molecule has 10 heteroatoms. The molecule has 0 spiro atoms. The van der Waals surface area contributed by atoms with Crippen LogP contribution in [0.4, 0.5) is 10.5 Å². The number of hydrogen-bond donors (Lipinski definition) is 3. The van der Waals surface area contributed by atoms with Crippen LogP contribution in [0, 0.1) is 6.92 Å². The van der Waals surface area contributed by atoms with Crippen LogP contribution < -0.4 is 16.0 Å². The predicted octanol–water partition coefficient (Wildman–Crippen LogP) is 2.54. The molecule has 0 bridgehead atoms. The third-order valence-electron chi connectivity index (χ3n) is 4.80. The number of hydrogen-bond acceptors (Lipinski definition) is 5. The Morgan fingerprint density at radius 1 is 1.17 bits per heavy atom. The van der Waals surface area contributed by atoms with Gasteiger partial charge in [0.2, 0.25) is 5.82 Å². The Balaban J connectivity index is 1.59. The average Bonchev–Trinajstić information content (AvgIpc) is 3.22. The van der Waals surface area contributed by atoms with Crippen LogP contribution in [0.2, 0.25) is 5.02 Å². The van der Waals surface area contributed by atoms with Gasteiger partial charge >= 0.3 is 6.03 Å². The molecular weight excluding hydrogens is 408 g/mol. The summed E-state index contributed by atoms with van der Waals surface area (Å²) in [4.78, 5) is 40.6. The number of aromatic nitrogens is 3. The standard InChI is InChI=1S/C20H17ClN6O3/c1-11-22-16(26-27(11)15-9-4-3-8-14(15)21)17(28)23-13-7-5-6-12(10-13)20(2)18(29)24-19(30)25-20/h3-10H,1-2H3,(H,23,28)(H2,24,25,29,30). The summed E-state index contributed by atoms with van der Waals surface area (Å²) in [5.74, 6) is -0.520. The van der Waals surface area contributed by atoms with Gasteiger partial charge in [-0.2, -0.15) is 0 Å². The number of halogens is 1. The van der Waals surface area contributed by atoms with Gasteiger partial charge in [-0.3, -0.25) is 14.9 Å². The van der Waals surface area contributed by atoms with Gasteiger partial charge in [0.1, 0.15) is 11.4 Å². The molecule has 3 aromatic rings. The fraction of sp³-hybridized carbons (Fsp3) is 0.150. The van der Waals surface area contributed by atoms with E-state index in [1.165, 1.54) is 4.68 Å². The van der Waals surface area contributed by atoms with E-state index in [9.17, 15) is 14.4 Å². The minimum Gasteiger partial charge on any atom is -0.320 e. The zero-order valence-electron chi connectivity index (χ0n) is 16.1. The van der Waals surface area contributed by atoms with Gasteiger partial charge in [-0.05, 0) is 43.7 Å². The second-order valence-corrected chi connectivity index (χ2v) is 7.32. The van der Waals surface area contributed by atoms with Crippen molar-refractivity contribution in [1.29, 1.82) is 0 Å². The monoisotopic (exact) mass is 424 g/mol. The number of urea groups is 1. The highest BCUT2D eigenvalue weighted by molar-refractivity contribution is 6.32. The molecule has 3 N–H and O–H groups in total. The van der Waals surface area contributed by atoms with E-state index in [4.69, 9.17) is 11.6 Å². The Labute approximate surface area is 176 Å². The molecule has 2 aromatic carbocycles. The molecule has 1 fully saturated rings. The summed E-state index contributed by atoms with van der Waals surface area (Å²) in [6.07, 6.45) is 0. The van der Waals surface area contributed by atoms with E-state index in [1.807, 2.05) is 6.07 Å². The van der Waals surface area contributed by atoms with Crippen LogP contribution in [0.3, 0.4) is 0 Å². The SMILES string of the molecule is Cc1nc(C(=O)Nc2cccc(C3(C)NC(=O)NC3=O)c2)nn1-c1ccccc1Cl. The van der Waals surface area contributed by atoms with E-state index >= 15 is 0 Å². The van der Waals surface area contributed by atoms with Crippen molar-refractivity contribution in [2.75, 3.05) is 5.32 Å². The highest BCUT2D eigenvalue weighted by Gasteiger charge is 2.43. The zero-order valence-corrected chi connectivity index (χ0v) is 16.8. The lowest BCUT2D eigenvalue weighted by Gasteiger charge is -2.21. The summed E-state index contributed by atoms with van der Waals surface area (Å²) in [5.41, 5.74) is 0.341. The lowest BCUT2D eigenvalue weighted by atomic mass is 9.92. The third-order valence-corrected chi connectivity index (χ3v) is 5.11. The number of nitrogens with zero attached hydrogens (tertiary/aromatic N) is 3. The fourth-order valence-electron chi connectivity index (χ4n) is 3.18. The van der Waals surface area contributed by atoms with Crippen molar-refractivity contribution >= 4 is 35.1 Å². The van der Waals surface area contributed by atoms with E-state index in [0.29, 0.717) is 27.8 Å². The maximum atomic E-state index is 12.7. The van der Waals surface area contributed by atoms with E-state index in [0.717, 1.165) is 0 Å². The van der Waals surface area contributed by atoms with E-state index in [1.54, 1.807) is 56.3 Å². The lowest BCUT2D eigenvalue weighted by molar-refractivity contribution is -0.123. The number of benzene rings is 2. The molecule has 0 aliphatic carbocycles.